The summed E-state index contributed by atoms with van der Waals surface area (Å²) in [5, 5.41) is 0.316. The Morgan fingerprint density at radius 2 is 1.72 bits per heavy atom. The van der Waals surface area contributed by atoms with E-state index in [1.807, 2.05) is 0 Å². The second-order valence-electron chi connectivity index (χ2n) is 8.61. The summed E-state index contributed by atoms with van der Waals surface area (Å²) in [5.74, 6) is -1.50. The zero-order valence-corrected chi connectivity index (χ0v) is 21.2. The number of aromatic nitrogens is 1. The maximum atomic E-state index is 13.6. The van der Waals surface area contributed by atoms with Crippen molar-refractivity contribution in [3.8, 4) is 0 Å². The quantitative estimate of drug-likeness (QED) is 0.425. The third kappa shape index (κ3) is 4.64. The summed E-state index contributed by atoms with van der Waals surface area (Å²) in [5.41, 5.74) is 0.839. The van der Waals surface area contributed by atoms with Crippen LogP contribution < -0.4 is 4.90 Å². The largest absolute Gasteiger partial charge is 0.379 e. The SMILES string of the molecule is CS(=O)(=O)c1cccc2sc(N(CCN3CCOCC3)C(=O)CN3C(=O)c4ccccc4C3=O)nc12. The number of morpholine rings is 1. The summed E-state index contributed by atoms with van der Waals surface area (Å²) >= 11 is 1.20. The van der Waals surface area contributed by atoms with Crippen molar-refractivity contribution in [2.24, 2.45) is 0 Å². The van der Waals surface area contributed by atoms with Gasteiger partial charge in [0.1, 0.15) is 12.1 Å². The Hall–Kier alpha value is -3.19. The Bertz CT molecular complexity index is 1430. The number of anilines is 1. The number of rotatable bonds is 7. The molecule has 0 bridgehead atoms. The Morgan fingerprint density at radius 1 is 1.06 bits per heavy atom. The van der Waals surface area contributed by atoms with Crippen molar-refractivity contribution in [2.45, 2.75) is 4.90 Å². The van der Waals surface area contributed by atoms with E-state index in [2.05, 4.69) is 9.88 Å². The van der Waals surface area contributed by atoms with Gasteiger partial charge in [0, 0.05) is 32.4 Å². The normalized spacial score (nSPS) is 16.5. The average molecular weight is 529 g/mol. The van der Waals surface area contributed by atoms with Gasteiger partial charge in [0.15, 0.2) is 15.0 Å². The third-order valence-corrected chi connectivity index (χ3v) is 8.39. The molecule has 36 heavy (non-hydrogen) atoms. The summed E-state index contributed by atoms with van der Waals surface area (Å²) in [6.45, 7) is 2.99. The van der Waals surface area contributed by atoms with Crippen molar-refractivity contribution in [3.05, 3.63) is 53.6 Å². The van der Waals surface area contributed by atoms with Crippen molar-refractivity contribution < 1.29 is 27.5 Å². The van der Waals surface area contributed by atoms with E-state index in [1.54, 1.807) is 36.4 Å². The van der Waals surface area contributed by atoms with Gasteiger partial charge in [0.25, 0.3) is 11.8 Å². The minimum Gasteiger partial charge on any atom is -0.379 e. The van der Waals surface area contributed by atoms with Crippen molar-refractivity contribution in [1.82, 2.24) is 14.8 Å². The van der Waals surface area contributed by atoms with Gasteiger partial charge in [-0.25, -0.2) is 13.4 Å². The standard InChI is InChI=1S/C24H24N4O6S2/c1-36(32,33)19-8-4-7-18-21(19)25-24(35-18)27(10-9-26-11-13-34-14-12-26)20(29)15-28-22(30)16-5-2-3-6-17(16)23(28)31/h2-8H,9-15H2,1H3. The first kappa shape index (κ1) is 24.5. The Morgan fingerprint density at radius 3 is 2.36 bits per heavy atom. The van der Waals surface area contributed by atoms with E-state index in [0.717, 1.165) is 24.2 Å². The Labute approximate surface area is 212 Å². The molecule has 0 radical (unpaired) electrons. The van der Waals surface area contributed by atoms with E-state index < -0.39 is 34.1 Å². The van der Waals surface area contributed by atoms with Gasteiger partial charge in [-0.05, 0) is 24.3 Å². The van der Waals surface area contributed by atoms with Gasteiger partial charge in [0.05, 0.1) is 33.9 Å². The van der Waals surface area contributed by atoms with Crippen LogP contribution in [0.1, 0.15) is 20.7 Å². The maximum Gasteiger partial charge on any atom is 0.262 e. The molecule has 0 aliphatic carbocycles. The van der Waals surface area contributed by atoms with E-state index in [1.165, 1.54) is 22.3 Å². The predicted octanol–water partition coefficient (Wildman–Crippen LogP) is 1.66. The first-order chi connectivity index (χ1) is 17.2. The highest BCUT2D eigenvalue weighted by molar-refractivity contribution is 7.91. The zero-order valence-electron chi connectivity index (χ0n) is 19.5. The minimum atomic E-state index is -3.53. The molecule has 1 fully saturated rings. The Balaban J connectivity index is 1.45. The lowest BCUT2D eigenvalue weighted by atomic mass is 10.1. The molecule has 2 aliphatic heterocycles. The number of amides is 3. The number of imide groups is 1. The first-order valence-electron chi connectivity index (χ1n) is 11.4. The van der Waals surface area contributed by atoms with Crippen LogP contribution >= 0.6 is 11.3 Å². The molecule has 2 aliphatic rings. The molecule has 3 heterocycles. The molecule has 12 heteroatoms. The number of sulfone groups is 1. The van der Waals surface area contributed by atoms with E-state index >= 15 is 0 Å². The molecule has 0 saturated carbocycles. The number of fused-ring (bicyclic) bond motifs is 2. The molecule has 1 saturated heterocycles. The maximum absolute atomic E-state index is 13.6. The number of nitrogens with zero attached hydrogens (tertiary/aromatic N) is 4. The molecule has 0 spiro atoms. The molecule has 0 N–H and O–H groups in total. The van der Waals surface area contributed by atoms with Gasteiger partial charge < -0.3 is 4.74 Å². The average Bonchev–Trinajstić information content (AvgIpc) is 3.39. The van der Waals surface area contributed by atoms with Crippen molar-refractivity contribution in [2.75, 3.05) is 57.1 Å². The number of thiazole rings is 1. The molecule has 0 atom stereocenters. The van der Waals surface area contributed by atoms with Crippen LogP contribution in [-0.2, 0) is 19.4 Å². The minimum absolute atomic E-state index is 0.0865. The molecular formula is C24H24N4O6S2. The van der Waals surface area contributed by atoms with Crippen LogP contribution in [0.25, 0.3) is 10.2 Å². The molecule has 188 valence electrons. The molecule has 3 amide bonds. The van der Waals surface area contributed by atoms with Crippen LogP contribution in [0.3, 0.4) is 0 Å². The number of benzene rings is 2. The van der Waals surface area contributed by atoms with Gasteiger partial charge in [0.2, 0.25) is 5.91 Å². The van der Waals surface area contributed by atoms with Crippen LogP contribution in [0.15, 0.2) is 47.4 Å². The topological polar surface area (TPSA) is 117 Å². The smallest absolute Gasteiger partial charge is 0.262 e. The van der Waals surface area contributed by atoms with Crippen LogP contribution in [0.5, 0.6) is 0 Å². The summed E-state index contributed by atoms with van der Waals surface area (Å²) in [6, 6.07) is 11.3. The number of hydrogen-bond donors (Lipinski definition) is 0. The Kier molecular flexibility index (Phi) is 6.60. The highest BCUT2D eigenvalue weighted by Crippen LogP contribution is 2.33. The second kappa shape index (κ2) is 9.69. The first-order valence-corrected chi connectivity index (χ1v) is 14.1. The van der Waals surface area contributed by atoms with E-state index in [0.29, 0.717) is 35.1 Å². The van der Waals surface area contributed by atoms with E-state index in [-0.39, 0.29) is 22.6 Å². The van der Waals surface area contributed by atoms with E-state index in [9.17, 15) is 22.8 Å². The molecular weight excluding hydrogens is 504 g/mol. The van der Waals surface area contributed by atoms with Crippen molar-refractivity contribution in [1.29, 1.82) is 0 Å². The molecule has 5 rings (SSSR count). The molecule has 3 aromatic rings. The van der Waals surface area contributed by atoms with Crippen LogP contribution in [0.2, 0.25) is 0 Å². The summed E-state index contributed by atoms with van der Waals surface area (Å²) in [7, 11) is -3.53. The highest BCUT2D eigenvalue weighted by atomic mass is 32.2. The fourth-order valence-corrected chi connectivity index (χ4v) is 6.26. The van der Waals surface area contributed by atoms with Gasteiger partial charge >= 0.3 is 0 Å². The monoisotopic (exact) mass is 528 g/mol. The molecule has 2 aromatic carbocycles. The summed E-state index contributed by atoms with van der Waals surface area (Å²) < 4.78 is 30.6. The van der Waals surface area contributed by atoms with Crippen LogP contribution in [-0.4, -0.2) is 93.1 Å². The van der Waals surface area contributed by atoms with E-state index in [4.69, 9.17) is 4.74 Å². The lowest BCUT2D eigenvalue weighted by Crippen LogP contribution is -2.47. The summed E-state index contributed by atoms with van der Waals surface area (Å²) in [4.78, 5) is 48.4. The van der Waals surface area contributed by atoms with Crippen molar-refractivity contribution in [3.63, 3.8) is 0 Å². The predicted molar refractivity (Wildman–Crippen MR) is 134 cm³/mol. The van der Waals surface area contributed by atoms with Gasteiger partial charge in [-0.1, -0.05) is 29.5 Å². The number of hydrogen-bond acceptors (Lipinski definition) is 9. The van der Waals surface area contributed by atoms with Crippen molar-refractivity contribution >= 4 is 54.2 Å². The van der Waals surface area contributed by atoms with Gasteiger partial charge in [-0.2, -0.15) is 0 Å². The fourth-order valence-electron chi connectivity index (χ4n) is 4.32. The van der Waals surface area contributed by atoms with Gasteiger partial charge in [-0.3, -0.25) is 29.1 Å². The summed E-state index contributed by atoms with van der Waals surface area (Å²) in [6.07, 6.45) is 1.12. The lowest BCUT2D eigenvalue weighted by Gasteiger charge is -2.29. The van der Waals surface area contributed by atoms with Crippen LogP contribution in [0.4, 0.5) is 5.13 Å². The van der Waals surface area contributed by atoms with Crippen LogP contribution in [0, 0.1) is 0 Å². The molecule has 0 unspecified atom stereocenters. The number of carbonyl (C=O) groups excluding carboxylic acids is 3. The van der Waals surface area contributed by atoms with Gasteiger partial charge in [-0.15, -0.1) is 0 Å². The second-order valence-corrected chi connectivity index (χ2v) is 11.6. The lowest BCUT2D eigenvalue weighted by molar-refractivity contribution is -0.119. The fraction of sp³-hybridized carbons (Fsp3) is 0.333. The third-order valence-electron chi connectivity index (χ3n) is 6.22. The number of para-hydroxylation sites is 1. The number of carbonyl (C=O) groups is 3. The number of ether oxygens (including phenoxy) is 1. The zero-order chi connectivity index (χ0) is 25.4. The molecule has 10 nitrogen and oxygen atoms in total. The highest BCUT2D eigenvalue weighted by Gasteiger charge is 2.37. The molecule has 1 aromatic heterocycles.